The van der Waals surface area contributed by atoms with Crippen LogP contribution in [-0.2, 0) is 9.59 Å². The van der Waals surface area contributed by atoms with Crippen LogP contribution in [-0.4, -0.2) is 29.6 Å². The minimum Gasteiger partial charge on any atom is -0.480 e. The summed E-state index contributed by atoms with van der Waals surface area (Å²) in [6.45, 7) is 0.353. The maximum absolute atomic E-state index is 10.6. The number of carboxylic acids is 1. The summed E-state index contributed by atoms with van der Waals surface area (Å²) in [5.41, 5.74) is 9.97. The van der Waals surface area contributed by atoms with Gasteiger partial charge in [0.2, 0.25) is 5.91 Å². The first-order valence-electron chi connectivity index (χ1n) is 4.19. The molecule has 6 heteroatoms. The van der Waals surface area contributed by atoms with E-state index in [1.54, 1.807) is 6.08 Å². The first kappa shape index (κ1) is 12.4. The lowest BCUT2D eigenvalue weighted by molar-refractivity contribution is -0.139. The highest BCUT2D eigenvalue weighted by molar-refractivity contribution is 5.77. The minimum absolute atomic E-state index is 0.0519. The van der Waals surface area contributed by atoms with Gasteiger partial charge < -0.3 is 21.9 Å². The van der Waals surface area contributed by atoms with Gasteiger partial charge in [-0.15, -0.1) is 0 Å². The largest absolute Gasteiger partial charge is 0.480 e. The van der Waals surface area contributed by atoms with Crippen molar-refractivity contribution in [3.8, 4) is 0 Å². The highest BCUT2D eigenvalue weighted by Gasteiger charge is 2.16. The normalized spacial score (nSPS) is 12.9. The van der Waals surface area contributed by atoms with Crippen molar-refractivity contribution in [1.82, 2.24) is 5.32 Å². The van der Waals surface area contributed by atoms with Gasteiger partial charge in [0.25, 0.3) is 0 Å². The van der Waals surface area contributed by atoms with Gasteiger partial charge in [-0.3, -0.25) is 9.59 Å². The standard InChI is InChI=1S/C8H15N3O3/c9-4-1-5-11-6(8(13)14)2-3-7(10)12/h1,4,6,11H,2-3,5,9H2,(H2,10,12)(H,13,14). The first-order valence-corrected chi connectivity index (χ1v) is 4.19. The van der Waals surface area contributed by atoms with Crippen LogP contribution in [0.4, 0.5) is 0 Å². The monoisotopic (exact) mass is 201 g/mol. The quantitative estimate of drug-likeness (QED) is 0.411. The zero-order chi connectivity index (χ0) is 11.0. The SMILES string of the molecule is NC=CCNC(CCC(N)=O)C(=O)O. The van der Waals surface area contributed by atoms with Gasteiger partial charge in [0.15, 0.2) is 0 Å². The van der Waals surface area contributed by atoms with Crippen LogP contribution < -0.4 is 16.8 Å². The number of nitrogens with one attached hydrogen (secondary N) is 1. The van der Waals surface area contributed by atoms with E-state index in [1.807, 2.05) is 0 Å². The summed E-state index contributed by atoms with van der Waals surface area (Å²) in [4.78, 5) is 21.1. The fraction of sp³-hybridized carbons (Fsp3) is 0.500. The third-order valence-corrected chi connectivity index (χ3v) is 1.60. The molecule has 6 N–H and O–H groups in total. The molecular formula is C8H15N3O3. The summed E-state index contributed by atoms with van der Waals surface area (Å²) in [5.74, 6) is -1.51. The molecule has 0 heterocycles. The summed E-state index contributed by atoms with van der Waals surface area (Å²) >= 11 is 0. The molecule has 0 aliphatic carbocycles. The fourth-order valence-corrected chi connectivity index (χ4v) is 0.878. The molecule has 1 unspecified atom stereocenters. The van der Waals surface area contributed by atoms with Gasteiger partial charge in [-0.25, -0.2) is 0 Å². The van der Waals surface area contributed by atoms with Crippen molar-refractivity contribution < 1.29 is 14.7 Å². The highest BCUT2D eigenvalue weighted by Crippen LogP contribution is 1.96. The average Bonchev–Trinajstić information content (AvgIpc) is 2.10. The van der Waals surface area contributed by atoms with Gasteiger partial charge in [0.1, 0.15) is 6.04 Å². The van der Waals surface area contributed by atoms with E-state index in [0.29, 0.717) is 6.54 Å². The zero-order valence-corrected chi connectivity index (χ0v) is 7.77. The molecule has 1 atom stereocenters. The van der Waals surface area contributed by atoms with Crippen molar-refractivity contribution in [2.45, 2.75) is 18.9 Å². The van der Waals surface area contributed by atoms with E-state index in [1.165, 1.54) is 6.20 Å². The molecule has 0 saturated carbocycles. The number of primary amides is 1. The molecule has 0 aromatic carbocycles. The molecule has 1 amide bonds. The van der Waals surface area contributed by atoms with E-state index in [0.717, 1.165) is 0 Å². The molecule has 14 heavy (non-hydrogen) atoms. The van der Waals surface area contributed by atoms with Gasteiger partial charge >= 0.3 is 5.97 Å². The van der Waals surface area contributed by atoms with Gasteiger partial charge in [0, 0.05) is 13.0 Å². The van der Waals surface area contributed by atoms with Crippen LogP contribution in [0, 0.1) is 0 Å². The Morgan fingerprint density at radius 2 is 2.14 bits per heavy atom. The maximum Gasteiger partial charge on any atom is 0.320 e. The second-order valence-electron chi connectivity index (χ2n) is 2.73. The minimum atomic E-state index is -1.00. The Labute approximate surface area is 82.0 Å². The van der Waals surface area contributed by atoms with Crippen molar-refractivity contribution in [1.29, 1.82) is 0 Å². The molecule has 0 aromatic heterocycles. The molecule has 80 valence electrons. The topological polar surface area (TPSA) is 118 Å². The van der Waals surface area contributed by atoms with E-state index >= 15 is 0 Å². The lowest BCUT2D eigenvalue weighted by atomic mass is 10.1. The lowest BCUT2D eigenvalue weighted by Gasteiger charge is -2.11. The molecule has 6 nitrogen and oxygen atoms in total. The van der Waals surface area contributed by atoms with Crippen LogP contribution in [0.3, 0.4) is 0 Å². The fourth-order valence-electron chi connectivity index (χ4n) is 0.878. The molecule has 0 aromatic rings. The third-order valence-electron chi connectivity index (χ3n) is 1.60. The number of carbonyl (C=O) groups is 2. The third kappa shape index (κ3) is 6.01. The van der Waals surface area contributed by atoms with Crippen molar-refractivity contribution >= 4 is 11.9 Å². The molecule has 0 aliphatic heterocycles. The number of carbonyl (C=O) groups excluding carboxylic acids is 1. The molecule has 0 bridgehead atoms. The second-order valence-corrected chi connectivity index (χ2v) is 2.73. The highest BCUT2D eigenvalue weighted by atomic mass is 16.4. The van der Waals surface area contributed by atoms with Crippen LogP contribution >= 0.6 is 0 Å². The van der Waals surface area contributed by atoms with Gasteiger partial charge in [0.05, 0.1) is 0 Å². The van der Waals surface area contributed by atoms with Crippen molar-refractivity contribution in [2.75, 3.05) is 6.54 Å². The average molecular weight is 201 g/mol. The number of hydrogen-bond acceptors (Lipinski definition) is 4. The summed E-state index contributed by atoms with van der Waals surface area (Å²) in [6.07, 6.45) is 3.14. The van der Waals surface area contributed by atoms with Crippen LogP contribution in [0.15, 0.2) is 12.3 Å². The molecule has 0 saturated heterocycles. The van der Waals surface area contributed by atoms with Gasteiger partial charge in [-0.2, -0.15) is 0 Å². The van der Waals surface area contributed by atoms with Crippen LogP contribution in [0.25, 0.3) is 0 Å². The second kappa shape index (κ2) is 6.90. The van der Waals surface area contributed by atoms with Gasteiger partial charge in [-0.1, -0.05) is 6.08 Å². The van der Waals surface area contributed by atoms with E-state index in [-0.39, 0.29) is 12.8 Å². The Morgan fingerprint density at radius 1 is 1.50 bits per heavy atom. The van der Waals surface area contributed by atoms with Crippen LogP contribution in [0.5, 0.6) is 0 Å². The Morgan fingerprint density at radius 3 is 2.57 bits per heavy atom. The number of amides is 1. The Hall–Kier alpha value is -1.56. The van der Waals surface area contributed by atoms with Crippen molar-refractivity contribution in [3.05, 3.63) is 12.3 Å². The molecule has 0 radical (unpaired) electrons. The lowest BCUT2D eigenvalue weighted by Crippen LogP contribution is -2.37. The smallest absolute Gasteiger partial charge is 0.320 e. The number of rotatable bonds is 7. The van der Waals surface area contributed by atoms with Crippen molar-refractivity contribution in [3.63, 3.8) is 0 Å². The van der Waals surface area contributed by atoms with Crippen LogP contribution in [0.2, 0.25) is 0 Å². The molecule has 0 fully saturated rings. The summed E-state index contributed by atoms with van der Waals surface area (Å²) in [5, 5.41) is 11.4. The van der Waals surface area contributed by atoms with Crippen molar-refractivity contribution in [2.24, 2.45) is 11.5 Å². The zero-order valence-electron chi connectivity index (χ0n) is 7.77. The summed E-state index contributed by atoms with van der Waals surface area (Å²) in [7, 11) is 0. The molecular weight excluding hydrogens is 186 g/mol. The molecule has 0 rings (SSSR count). The maximum atomic E-state index is 10.6. The van der Waals surface area contributed by atoms with E-state index < -0.39 is 17.9 Å². The van der Waals surface area contributed by atoms with Gasteiger partial charge in [-0.05, 0) is 12.6 Å². The van der Waals surface area contributed by atoms with E-state index in [4.69, 9.17) is 16.6 Å². The van der Waals surface area contributed by atoms with E-state index in [9.17, 15) is 9.59 Å². The number of nitrogens with two attached hydrogens (primary N) is 2. The predicted molar refractivity (Wildman–Crippen MR) is 51.2 cm³/mol. The van der Waals surface area contributed by atoms with Crippen LogP contribution in [0.1, 0.15) is 12.8 Å². The first-order chi connectivity index (χ1) is 6.57. The summed E-state index contributed by atoms with van der Waals surface area (Å²) < 4.78 is 0. The number of aliphatic carboxylic acids is 1. The Kier molecular flexibility index (Phi) is 6.13. The summed E-state index contributed by atoms with van der Waals surface area (Å²) in [6, 6.07) is -0.765. The Bertz CT molecular complexity index is 228. The Balaban J connectivity index is 3.89. The number of hydrogen-bond donors (Lipinski definition) is 4. The number of carboxylic acid groups (broad SMARTS) is 1. The molecule has 0 aliphatic rings. The predicted octanol–water partition coefficient (Wildman–Crippen LogP) is -1.23. The molecule has 0 spiro atoms. The van der Waals surface area contributed by atoms with E-state index in [2.05, 4.69) is 5.32 Å².